The van der Waals surface area contributed by atoms with Crippen molar-refractivity contribution < 1.29 is 9.53 Å². The molecule has 0 fully saturated rings. The molecule has 2 aromatic heterocycles. The van der Waals surface area contributed by atoms with Gasteiger partial charge in [0, 0.05) is 26.0 Å². The van der Waals surface area contributed by atoms with E-state index in [9.17, 15) is 4.79 Å². The Morgan fingerprint density at radius 3 is 2.55 bits per heavy atom. The molecule has 3 aromatic rings. The summed E-state index contributed by atoms with van der Waals surface area (Å²) in [6.45, 7) is 4.60. The first-order valence-electron chi connectivity index (χ1n) is 9.66. The molecule has 0 saturated carbocycles. The number of anilines is 2. The molecule has 0 saturated heterocycles. The third kappa shape index (κ3) is 5.78. The van der Waals surface area contributed by atoms with Crippen LogP contribution in [0.1, 0.15) is 29.9 Å². The van der Waals surface area contributed by atoms with Crippen molar-refractivity contribution in [3.63, 3.8) is 0 Å². The van der Waals surface area contributed by atoms with Crippen molar-refractivity contribution in [1.29, 1.82) is 0 Å². The second kappa shape index (κ2) is 9.68. The molecule has 6 nitrogen and oxygen atoms in total. The van der Waals surface area contributed by atoms with Crippen LogP contribution in [-0.4, -0.2) is 40.5 Å². The van der Waals surface area contributed by atoms with Gasteiger partial charge in [-0.25, -0.2) is 4.98 Å². The van der Waals surface area contributed by atoms with Gasteiger partial charge in [-0.15, -0.1) is 0 Å². The smallest absolute Gasteiger partial charge is 0.272 e. The molecule has 0 unspecified atom stereocenters. The fourth-order valence-electron chi connectivity index (χ4n) is 2.82. The minimum absolute atomic E-state index is 0.0822. The van der Waals surface area contributed by atoms with Crippen LogP contribution >= 0.6 is 0 Å². The number of ether oxygens (including phenoxy) is 1. The number of benzene rings is 1. The summed E-state index contributed by atoms with van der Waals surface area (Å²) in [6.07, 6.45) is 6.04. The van der Waals surface area contributed by atoms with Crippen LogP contribution in [0.5, 0.6) is 5.75 Å². The highest BCUT2D eigenvalue weighted by Gasteiger charge is 2.13. The zero-order valence-electron chi connectivity index (χ0n) is 17.0. The number of pyridine rings is 2. The molecule has 0 aliphatic rings. The predicted molar refractivity (Wildman–Crippen MR) is 115 cm³/mol. The number of likely N-dealkylation sites (N-methyl/N-ethyl adjacent to an activating group) is 1. The van der Waals surface area contributed by atoms with Crippen LogP contribution in [0.3, 0.4) is 0 Å². The molecular weight excluding hydrogens is 364 g/mol. The van der Waals surface area contributed by atoms with Crippen LogP contribution in [-0.2, 0) is 6.42 Å². The van der Waals surface area contributed by atoms with Crippen molar-refractivity contribution >= 4 is 17.3 Å². The molecule has 29 heavy (non-hydrogen) atoms. The van der Waals surface area contributed by atoms with E-state index in [4.69, 9.17) is 4.74 Å². The van der Waals surface area contributed by atoms with Crippen LogP contribution in [0.2, 0.25) is 0 Å². The number of aromatic nitrogens is 2. The molecule has 0 atom stereocenters. The van der Waals surface area contributed by atoms with E-state index in [1.54, 1.807) is 36.6 Å². The van der Waals surface area contributed by atoms with Crippen LogP contribution in [0.4, 0.5) is 11.4 Å². The number of nitrogens with zero attached hydrogens (tertiary/aromatic N) is 3. The monoisotopic (exact) mass is 390 g/mol. The van der Waals surface area contributed by atoms with Crippen molar-refractivity contribution in [2.45, 2.75) is 26.4 Å². The van der Waals surface area contributed by atoms with Crippen molar-refractivity contribution in [3.8, 4) is 5.75 Å². The Bertz CT molecular complexity index is 927. The van der Waals surface area contributed by atoms with E-state index in [1.807, 2.05) is 56.3 Å². The average Bonchev–Trinajstić information content (AvgIpc) is 2.74. The first-order chi connectivity index (χ1) is 14.0. The Balaban J connectivity index is 1.62. The lowest BCUT2D eigenvalue weighted by molar-refractivity contribution is 0.0791. The number of rotatable bonds is 8. The Labute approximate surface area is 171 Å². The molecule has 0 aliphatic heterocycles. The molecule has 0 radical (unpaired) electrons. The highest BCUT2D eigenvalue weighted by atomic mass is 16.5. The largest absolute Gasteiger partial charge is 0.489 e. The van der Waals surface area contributed by atoms with Gasteiger partial charge in [0.25, 0.3) is 5.91 Å². The van der Waals surface area contributed by atoms with E-state index >= 15 is 0 Å². The standard InChI is InChI=1S/C23H26N4O2/c1-17(2)29-22-7-5-4-6-20(22)26-19-8-9-21(25-16-19)23(28)27(3)15-12-18-10-13-24-14-11-18/h4-11,13-14,16-17,26H,12,15H2,1-3H3. The van der Waals surface area contributed by atoms with Gasteiger partial charge in [0.1, 0.15) is 11.4 Å². The second-order valence-corrected chi connectivity index (χ2v) is 7.05. The van der Waals surface area contributed by atoms with Crippen molar-refractivity contribution in [2.24, 2.45) is 0 Å². The maximum atomic E-state index is 12.6. The van der Waals surface area contributed by atoms with Crippen LogP contribution in [0.25, 0.3) is 0 Å². The number of hydrogen-bond acceptors (Lipinski definition) is 5. The zero-order valence-corrected chi connectivity index (χ0v) is 17.0. The zero-order chi connectivity index (χ0) is 20.6. The van der Waals surface area contributed by atoms with Crippen molar-refractivity contribution in [3.05, 3.63) is 78.4 Å². The van der Waals surface area contributed by atoms with Gasteiger partial charge in [-0.05, 0) is 62.2 Å². The number of amides is 1. The summed E-state index contributed by atoms with van der Waals surface area (Å²) in [5.41, 5.74) is 3.21. The minimum Gasteiger partial charge on any atom is -0.489 e. The Kier molecular flexibility index (Phi) is 6.79. The number of hydrogen-bond donors (Lipinski definition) is 1. The first kappa shape index (κ1) is 20.3. The maximum Gasteiger partial charge on any atom is 0.272 e. The Hall–Kier alpha value is -3.41. The van der Waals surface area contributed by atoms with E-state index in [2.05, 4.69) is 15.3 Å². The van der Waals surface area contributed by atoms with Gasteiger partial charge in [0.2, 0.25) is 0 Å². The molecule has 0 aliphatic carbocycles. The first-order valence-corrected chi connectivity index (χ1v) is 9.66. The summed E-state index contributed by atoms with van der Waals surface area (Å²) in [4.78, 5) is 22.6. The van der Waals surface area contributed by atoms with Crippen LogP contribution in [0, 0.1) is 0 Å². The Morgan fingerprint density at radius 1 is 1.10 bits per heavy atom. The van der Waals surface area contributed by atoms with Gasteiger partial charge >= 0.3 is 0 Å². The highest BCUT2D eigenvalue weighted by molar-refractivity contribution is 5.92. The summed E-state index contributed by atoms with van der Waals surface area (Å²) >= 11 is 0. The lowest BCUT2D eigenvalue weighted by Crippen LogP contribution is -2.29. The molecule has 6 heteroatoms. The topological polar surface area (TPSA) is 67.3 Å². The van der Waals surface area contributed by atoms with Crippen LogP contribution in [0.15, 0.2) is 67.1 Å². The molecule has 150 valence electrons. The van der Waals surface area contributed by atoms with Crippen molar-refractivity contribution in [2.75, 3.05) is 18.9 Å². The number of carbonyl (C=O) groups is 1. The summed E-state index contributed by atoms with van der Waals surface area (Å²) in [5.74, 6) is 0.674. The van der Waals surface area contributed by atoms with E-state index in [0.717, 1.165) is 29.1 Å². The molecular formula is C23H26N4O2. The average molecular weight is 390 g/mol. The van der Waals surface area contributed by atoms with E-state index in [0.29, 0.717) is 12.2 Å². The summed E-state index contributed by atoms with van der Waals surface area (Å²) in [7, 11) is 1.79. The maximum absolute atomic E-state index is 12.6. The third-order valence-corrected chi connectivity index (χ3v) is 4.34. The molecule has 3 rings (SSSR count). The SMILES string of the molecule is CC(C)Oc1ccccc1Nc1ccc(C(=O)N(C)CCc2ccncc2)nc1. The summed E-state index contributed by atoms with van der Waals surface area (Å²) in [6, 6.07) is 15.2. The van der Waals surface area contributed by atoms with Gasteiger partial charge < -0.3 is 15.0 Å². The fourth-order valence-corrected chi connectivity index (χ4v) is 2.82. The molecule has 0 bridgehead atoms. The lowest BCUT2D eigenvalue weighted by atomic mass is 10.2. The highest BCUT2D eigenvalue weighted by Crippen LogP contribution is 2.28. The van der Waals surface area contributed by atoms with E-state index in [-0.39, 0.29) is 12.0 Å². The molecule has 1 aromatic carbocycles. The number of nitrogens with one attached hydrogen (secondary N) is 1. The summed E-state index contributed by atoms with van der Waals surface area (Å²) < 4.78 is 5.83. The lowest BCUT2D eigenvalue weighted by Gasteiger charge is -2.17. The molecule has 1 N–H and O–H groups in total. The molecule has 0 spiro atoms. The van der Waals surface area contributed by atoms with E-state index < -0.39 is 0 Å². The third-order valence-electron chi connectivity index (χ3n) is 4.34. The van der Waals surface area contributed by atoms with Gasteiger partial charge in [0.15, 0.2) is 0 Å². The second-order valence-electron chi connectivity index (χ2n) is 7.05. The van der Waals surface area contributed by atoms with E-state index in [1.165, 1.54) is 0 Å². The summed E-state index contributed by atoms with van der Waals surface area (Å²) in [5, 5.41) is 3.30. The van der Waals surface area contributed by atoms with Gasteiger partial charge in [-0.2, -0.15) is 0 Å². The number of para-hydroxylation sites is 2. The normalized spacial score (nSPS) is 10.6. The molecule has 2 heterocycles. The Morgan fingerprint density at radius 2 is 1.86 bits per heavy atom. The predicted octanol–water partition coefficient (Wildman–Crippen LogP) is 4.32. The number of carbonyl (C=O) groups excluding carboxylic acids is 1. The quantitative estimate of drug-likeness (QED) is 0.620. The fraction of sp³-hybridized carbons (Fsp3) is 0.261. The minimum atomic E-state index is -0.103. The van der Waals surface area contributed by atoms with Gasteiger partial charge in [-0.1, -0.05) is 12.1 Å². The molecule has 1 amide bonds. The van der Waals surface area contributed by atoms with Gasteiger partial charge in [-0.3, -0.25) is 9.78 Å². The van der Waals surface area contributed by atoms with Gasteiger partial charge in [0.05, 0.1) is 23.7 Å². The van der Waals surface area contributed by atoms with Crippen molar-refractivity contribution in [1.82, 2.24) is 14.9 Å². The van der Waals surface area contributed by atoms with Crippen LogP contribution < -0.4 is 10.1 Å².